The van der Waals surface area contributed by atoms with Crippen LogP contribution in [0.3, 0.4) is 0 Å². The molecule has 0 aliphatic carbocycles. The summed E-state index contributed by atoms with van der Waals surface area (Å²) in [4.78, 5) is 11.7. The summed E-state index contributed by atoms with van der Waals surface area (Å²) < 4.78 is 34.6. The zero-order valence-electron chi connectivity index (χ0n) is 13.3. The molecule has 0 saturated carbocycles. The zero-order valence-corrected chi connectivity index (χ0v) is 13.3. The molecule has 130 valence electrons. The van der Waals surface area contributed by atoms with Crippen LogP contribution in [-0.2, 0) is 33.2 Å². The Morgan fingerprint density at radius 1 is 0.958 bits per heavy atom. The Morgan fingerprint density at radius 2 is 1.71 bits per heavy atom. The molecule has 0 unspecified atom stereocenters. The van der Waals surface area contributed by atoms with Gasteiger partial charge in [-0.05, 0) is 0 Å². The minimum Gasteiger partial charge on any atom is -0.365 e. The highest BCUT2D eigenvalue weighted by Crippen LogP contribution is 2.36. The van der Waals surface area contributed by atoms with Crippen molar-refractivity contribution in [1.82, 2.24) is 0 Å². The van der Waals surface area contributed by atoms with Crippen molar-refractivity contribution < 1.29 is 33.2 Å². The predicted octanol–water partition coefficient (Wildman–Crippen LogP) is 0.825. The van der Waals surface area contributed by atoms with Crippen molar-refractivity contribution in [3.8, 4) is 0 Å². The van der Waals surface area contributed by atoms with Gasteiger partial charge in [-0.25, -0.2) is 0 Å². The van der Waals surface area contributed by atoms with E-state index in [0.717, 1.165) is 5.56 Å². The molecule has 0 spiro atoms. The number of Topliss-reactive ketones (excluding diaryl/α,β-unsaturated/α-hetero) is 1. The van der Waals surface area contributed by atoms with Gasteiger partial charge in [0.25, 0.3) is 0 Å². The van der Waals surface area contributed by atoms with Crippen LogP contribution < -0.4 is 0 Å². The fraction of sp³-hybridized carbons (Fsp3) is 0.588. The first kappa shape index (κ1) is 16.1. The van der Waals surface area contributed by atoms with Crippen molar-refractivity contribution >= 4 is 5.78 Å². The number of rotatable bonds is 2. The summed E-state index contributed by atoms with van der Waals surface area (Å²) in [6.07, 6.45) is -2.83. The van der Waals surface area contributed by atoms with E-state index in [1.165, 1.54) is 7.11 Å². The van der Waals surface area contributed by atoms with Crippen LogP contribution in [0.5, 0.6) is 0 Å². The predicted molar refractivity (Wildman–Crippen MR) is 80.2 cm³/mol. The van der Waals surface area contributed by atoms with Crippen molar-refractivity contribution in [2.45, 2.75) is 37.0 Å². The number of ketones is 1. The van der Waals surface area contributed by atoms with Gasteiger partial charge in [-0.15, -0.1) is 0 Å². The molecule has 7 heteroatoms. The molecule has 4 rings (SSSR count). The topological polar surface area (TPSA) is 72.5 Å². The van der Waals surface area contributed by atoms with E-state index in [4.69, 9.17) is 28.4 Å². The van der Waals surface area contributed by atoms with Crippen LogP contribution in [0, 0.1) is 0 Å². The first-order valence-corrected chi connectivity index (χ1v) is 8.01. The van der Waals surface area contributed by atoms with Gasteiger partial charge in [0.2, 0.25) is 0 Å². The zero-order chi connectivity index (χ0) is 16.5. The second kappa shape index (κ2) is 6.87. The number of carbonyl (C=O) groups excluding carboxylic acids is 1. The lowest BCUT2D eigenvalue weighted by atomic mass is 9.97. The van der Waals surface area contributed by atoms with Crippen LogP contribution >= 0.6 is 0 Å². The van der Waals surface area contributed by atoms with Crippen molar-refractivity contribution in [2.24, 2.45) is 0 Å². The van der Waals surface area contributed by atoms with E-state index in [9.17, 15) is 4.79 Å². The molecule has 1 aromatic carbocycles. The number of ether oxygens (including phenoxy) is 6. The van der Waals surface area contributed by atoms with E-state index in [1.54, 1.807) is 0 Å². The molecule has 0 bridgehead atoms. The highest BCUT2D eigenvalue weighted by atomic mass is 16.8. The van der Waals surface area contributed by atoms with E-state index >= 15 is 0 Å². The number of hydrogen-bond donors (Lipinski definition) is 0. The summed E-state index contributed by atoms with van der Waals surface area (Å²) in [5.41, 5.74) is 0.923. The summed E-state index contributed by atoms with van der Waals surface area (Å²) in [6.45, 7) is 0.339. The molecule has 1 aromatic rings. The molecule has 3 saturated heterocycles. The molecule has 0 aromatic heterocycles. The average molecular weight is 336 g/mol. The Kier molecular flexibility index (Phi) is 4.62. The summed E-state index contributed by atoms with van der Waals surface area (Å²) in [7, 11) is 1.54. The third kappa shape index (κ3) is 2.99. The summed E-state index contributed by atoms with van der Waals surface area (Å²) in [5, 5.41) is 0. The first-order valence-electron chi connectivity index (χ1n) is 8.01. The van der Waals surface area contributed by atoms with Crippen LogP contribution in [0.4, 0.5) is 0 Å². The normalized spacial score (nSPS) is 39.6. The van der Waals surface area contributed by atoms with Gasteiger partial charge in [0.05, 0.1) is 6.61 Å². The molecule has 0 radical (unpaired) electrons. The fourth-order valence-electron chi connectivity index (χ4n) is 3.30. The Balaban J connectivity index is 1.57. The van der Waals surface area contributed by atoms with Crippen LogP contribution in [0.25, 0.3) is 0 Å². The molecule has 7 nitrogen and oxygen atoms in total. The molecule has 24 heavy (non-hydrogen) atoms. The molecule has 3 fully saturated rings. The minimum absolute atomic E-state index is 0.00103. The van der Waals surface area contributed by atoms with Crippen LogP contribution in [-0.4, -0.2) is 63.4 Å². The van der Waals surface area contributed by atoms with Gasteiger partial charge in [-0.3, -0.25) is 4.79 Å². The number of fused-ring (bicyclic) bond motifs is 3. The number of carbonyl (C=O) groups is 1. The molecule has 3 heterocycles. The van der Waals surface area contributed by atoms with Gasteiger partial charge >= 0.3 is 0 Å². The van der Waals surface area contributed by atoms with E-state index in [0.29, 0.717) is 6.61 Å². The van der Waals surface area contributed by atoms with E-state index < -0.39 is 30.9 Å². The second-order valence-electron chi connectivity index (χ2n) is 6.05. The second-order valence-corrected chi connectivity index (χ2v) is 6.05. The van der Waals surface area contributed by atoms with E-state index in [1.807, 2.05) is 30.3 Å². The Labute approximate surface area is 139 Å². The van der Waals surface area contributed by atoms with Gasteiger partial charge in [-0.1, -0.05) is 30.3 Å². The Bertz CT molecular complexity index is 578. The Morgan fingerprint density at radius 3 is 2.46 bits per heavy atom. The Hall–Kier alpha value is -1.35. The minimum atomic E-state index is -0.623. The lowest BCUT2D eigenvalue weighted by Crippen LogP contribution is -2.63. The molecular formula is C17H20O7. The van der Waals surface area contributed by atoms with Gasteiger partial charge in [-0.2, -0.15) is 0 Å². The number of hydrogen-bond acceptors (Lipinski definition) is 7. The molecular weight excluding hydrogens is 316 g/mol. The van der Waals surface area contributed by atoms with Crippen LogP contribution in [0.15, 0.2) is 30.3 Å². The van der Waals surface area contributed by atoms with Gasteiger partial charge in [0, 0.05) is 12.7 Å². The van der Waals surface area contributed by atoms with Gasteiger partial charge in [0.1, 0.15) is 37.6 Å². The first-order chi connectivity index (χ1) is 11.8. The lowest BCUT2D eigenvalue weighted by molar-refractivity contribution is -0.363. The summed E-state index contributed by atoms with van der Waals surface area (Å²) >= 11 is 0. The maximum atomic E-state index is 11.7. The highest BCUT2D eigenvalue weighted by molar-refractivity contribution is 5.81. The van der Waals surface area contributed by atoms with Gasteiger partial charge in [0.15, 0.2) is 18.4 Å². The largest absolute Gasteiger partial charge is 0.365 e. The lowest BCUT2D eigenvalue weighted by Gasteiger charge is -2.47. The molecule has 3 aliphatic heterocycles. The maximum Gasteiger partial charge on any atom is 0.186 e. The van der Waals surface area contributed by atoms with Crippen molar-refractivity contribution in [1.29, 1.82) is 0 Å². The van der Waals surface area contributed by atoms with Crippen molar-refractivity contribution in [3.63, 3.8) is 0 Å². The maximum absolute atomic E-state index is 11.7. The highest BCUT2D eigenvalue weighted by Gasteiger charge is 2.52. The van der Waals surface area contributed by atoms with E-state index in [-0.39, 0.29) is 25.1 Å². The molecule has 0 amide bonds. The van der Waals surface area contributed by atoms with Crippen LogP contribution in [0.1, 0.15) is 11.9 Å². The number of methoxy groups -OCH3 is 1. The van der Waals surface area contributed by atoms with Crippen LogP contribution in [0.2, 0.25) is 0 Å². The molecule has 0 N–H and O–H groups in total. The third-order valence-electron chi connectivity index (χ3n) is 4.46. The van der Waals surface area contributed by atoms with Crippen molar-refractivity contribution in [2.75, 3.05) is 26.9 Å². The molecule has 3 aliphatic rings. The monoisotopic (exact) mass is 336 g/mol. The smallest absolute Gasteiger partial charge is 0.186 e. The third-order valence-corrected chi connectivity index (χ3v) is 4.46. The average Bonchev–Trinajstić information content (AvgIpc) is 2.83. The SMILES string of the molecule is CO[C@H]1O[C@@H]2CO[C@@H](c3ccccc3)O[C@H]2[C@@H]2OCC(=O)CO[C@@H]12. The molecule has 6 atom stereocenters. The summed E-state index contributed by atoms with van der Waals surface area (Å²) in [5.74, 6) is -0.109. The van der Waals surface area contributed by atoms with Crippen molar-refractivity contribution in [3.05, 3.63) is 35.9 Å². The number of benzene rings is 1. The van der Waals surface area contributed by atoms with E-state index in [2.05, 4.69) is 0 Å². The fourth-order valence-corrected chi connectivity index (χ4v) is 3.30. The quantitative estimate of drug-likeness (QED) is 0.792. The van der Waals surface area contributed by atoms with Gasteiger partial charge < -0.3 is 28.4 Å². The standard InChI is InChI=1S/C17H20O7/c1-19-17-15-14(20-7-11(18)8-21-15)13-12(23-17)9-22-16(24-13)10-5-3-2-4-6-10/h2-6,12-17H,7-9H2,1H3/t12-,13-,14+,15-,16-,17+/m1/s1. The summed E-state index contributed by atoms with van der Waals surface area (Å²) in [6, 6.07) is 9.68.